The number of rotatable bonds is 3. The minimum Gasteiger partial charge on any atom is -0.310 e. The molecule has 2 heterocycles. The Morgan fingerprint density at radius 2 is 1.95 bits per heavy atom. The van der Waals surface area contributed by atoms with E-state index >= 15 is 0 Å². The van der Waals surface area contributed by atoms with Gasteiger partial charge in [-0.3, -0.25) is 4.68 Å². The van der Waals surface area contributed by atoms with E-state index in [1.165, 1.54) is 0 Å². The predicted octanol–water partition coefficient (Wildman–Crippen LogP) is 2.18. The second-order valence-corrected chi connectivity index (χ2v) is 7.49. The van der Waals surface area contributed by atoms with E-state index in [1.807, 2.05) is 25.1 Å². The standard InChI is InChI=1S/C14H15ClN4O2S/c1-9-10(13(15)18(2)17-9)8-19-12-7-5-4-6-11(12)16-14(19)22(3,20)21/h4-7H,8H2,1-3H3. The molecule has 0 unspecified atom stereocenters. The van der Waals surface area contributed by atoms with Crippen LogP contribution in [0.5, 0.6) is 0 Å². The minimum absolute atomic E-state index is 0.0352. The second kappa shape index (κ2) is 5.10. The number of halogens is 1. The molecule has 3 aromatic rings. The number of hydrogen-bond acceptors (Lipinski definition) is 4. The smallest absolute Gasteiger partial charge is 0.228 e. The van der Waals surface area contributed by atoms with Gasteiger partial charge in [0.1, 0.15) is 5.15 Å². The normalized spacial score (nSPS) is 12.2. The van der Waals surface area contributed by atoms with Gasteiger partial charge in [0.05, 0.1) is 23.3 Å². The van der Waals surface area contributed by atoms with Gasteiger partial charge in [-0.1, -0.05) is 23.7 Å². The Hall–Kier alpha value is -1.86. The molecule has 0 saturated carbocycles. The summed E-state index contributed by atoms with van der Waals surface area (Å²) in [5, 5.41) is 4.79. The fourth-order valence-electron chi connectivity index (χ4n) is 2.50. The highest BCUT2D eigenvalue weighted by molar-refractivity contribution is 7.90. The zero-order chi connectivity index (χ0) is 16.1. The molecule has 1 aromatic carbocycles. The quantitative estimate of drug-likeness (QED) is 0.734. The van der Waals surface area contributed by atoms with Gasteiger partial charge in [-0.15, -0.1) is 0 Å². The lowest BCUT2D eigenvalue weighted by atomic mass is 10.2. The summed E-state index contributed by atoms with van der Waals surface area (Å²) < 4.78 is 27.3. The van der Waals surface area contributed by atoms with Crippen molar-refractivity contribution in [1.29, 1.82) is 0 Å². The summed E-state index contributed by atoms with van der Waals surface area (Å²) in [4.78, 5) is 4.25. The van der Waals surface area contributed by atoms with Crippen LogP contribution in [0.4, 0.5) is 0 Å². The molecule has 0 radical (unpaired) electrons. The van der Waals surface area contributed by atoms with Crippen molar-refractivity contribution in [3.8, 4) is 0 Å². The van der Waals surface area contributed by atoms with Gasteiger partial charge in [-0.05, 0) is 19.1 Å². The topological polar surface area (TPSA) is 69.8 Å². The molecular weight excluding hydrogens is 324 g/mol. The van der Waals surface area contributed by atoms with Crippen molar-refractivity contribution in [2.75, 3.05) is 6.26 Å². The first-order chi connectivity index (χ1) is 10.3. The third-order valence-electron chi connectivity index (χ3n) is 3.54. The zero-order valence-corrected chi connectivity index (χ0v) is 14.0. The largest absolute Gasteiger partial charge is 0.310 e. The highest BCUT2D eigenvalue weighted by Crippen LogP contribution is 2.25. The Bertz CT molecular complexity index is 972. The maximum Gasteiger partial charge on any atom is 0.228 e. The molecule has 22 heavy (non-hydrogen) atoms. The monoisotopic (exact) mass is 338 g/mol. The average Bonchev–Trinajstić information content (AvgIpc) is 2.92. The number of sulfone groups is 1. The summed E-state index contributed by atoms with van der Waals surface area (Å²) in [7, 11) is -1.70. The molecule has 0 bridgehead atoms. The van der Waals surface area contributed by atoms with Gasteiger partial charge >= 0.3 is 0 Å². The molecule has 0 atom stereocenters. The van der Waals surface area contributed by atoms with Crippen molar-refractivity contribution in [2.24, 2.45) is 7.05 Å². The van der Waals surface area contributed by atoms with Gasteiger partial charge in [0, 0.05) is 18.9 Å². The lowest BCUT2D eigenvalue weighted by Crippen LogP contribution is -2.10. The third kappa shape index (κ3) is 2.40. The fourth-order valence-corrected chi connectivity index (χ4v) is 3.56. The summed E-state index contributed by atoms with van der Waals surface area (Å²) in [5.41, 5.74) is 2.95. The van der Waals surface area contributed by atoms with Crippen LogP contribution in [0.15, 0.2) is 29.4 Å². The van der Waals surface area contributed by atoms with E-state index < -0.39 is 9.84 Å². The van der Waals surface area contributed by atoms with E-state index in [1.54, 1.807) is 22.4 Å². The first-order valence-corrected chi connectivity index (χ1v) is 8.89. The van der Waals surface area contributed by atoms with Crippen molar-refractivity contribution in [2.45, 2.75) is 18.6 Å². The molecule has 3 rings (SSSR count). The van der Waals surface area contributed by atoms with Gasteiger partial charge in [-0.25, -0.2) is 13.4 Å². The maximum atomic E-state index is 12.1. The van der Waals surface area contributed by atoms with Crippen LogP contribution in [0, 0.1) is 6.92 Å². The average molecular weight is 339 g/mol. The Balaban J connectivity index is 2.25. The number of nitrogens with zero attached hydrogens (tertiary/aromatic N) is 4. The summed E-state index contributed by atoms with van der Waals surface area (Å²) in [5.74, 6) is 0. The van der Waals surface area contributed by atoms with Crippen LogP contribution < -0.4 is 0 Å². The van der Waals surface area contributed by atoms with Gasteiger partial charge in [0.15, 0.2) is 0 Å². The summed E-state index contributed by atoms with van der Waals surface area (Å²) in [6.07, 6.45) is 1.16. The summed E-state index contributed by atoms with van der Waals surface area (Å²) >= 11 is 6.27. The molecular formula is C14H15ClN4O2S. The van der Waals surface area contributed by atoms with Crippen molar-refractivity contribution < 1.29 is 8.42 Å². The molecule has 0 saturated heterocycles. The van der Waals surface area contributed by atoms with Crippen LogP contribution >= 0.6 is 11.6 Å². The van der Waals surface area contributed by atoms with Crippen LogP contribution in [-0.4, -0.2) is 34.0 Å². The summed E-state index contributed by atoms with van der Waals surface area (Å²) in [6.45, 7) is 2.15. The summed E-state index contributed by atoms with van der Waals surface area (Å²) in [6, 6.07) is 7.31. The Morgan fingerprint density at radius 3 is 2.55 bits per heavy atom. The van der Waals surface area contributed by atoms with E-state index in [4.69, 9.17) is 11.6 Å². The Labute approximate surface area is 133 Å². The molecule has 0 aliphatic heterocycles. The van der Waals surface area contributed by atoms with Crippen LogP contribution in [0.2, 0.25) is 5.15 Å². The fraction of sp³-hybridized carbons (Fsp3) is 0.286. The van der Waals surface area contributed by atoms with Gasteiger partial charge < -0.3 is 4.57 Å². The number of para-hydroxylation sites is 2. The van der Waals surface area contributed by atoms with Crippen molar-refractivity contribution >= 4 is 32.5 Å². The number of imidazole rings is 1. The highest BCUT2D eigenvalue weighted by Gasteiger charge is 2.21. The molecule has 116 valence electrons. The van der Waals surface area contributed by atoms with Gasteiger partial charge in [0.2, 0.25) is 15.0 Å². The van der Waals surface area contributed by atoms with E-state index in [2.05, 4.69) is 10.1 Å². The van der Waals surface area contributed by atoms with Crippen LogP contribution in [-0.2, 0) is 23.4 Å². The Morgan fingerprint density at radius 1 is 1.27 bits per heavy atom. The minimum atomic E-state index is -3.45. The molecule has 0 fully saturated rings. The SMILES string of the molecule is Cc1nn(C)c(Cl)c1Cn1c(S(C)(=O)=O)nc2ccccc21. The molecule has 0 spiro atoms. The van der Waals surface area contributed by atoms with Crippen LogP contribution in [0.3, 0.4) is 0 Å². The van der Waals surface area contributed by atoms with Crippen LogP contribution in [0.1, 0.15) is 11.3 Å². The molecule has 0 aliphatic carbocycles. The lowest BCUT2D eigenvalue weighted by molar-refractivity contribution is 0.581. The lowest BCUT2D eigenvalue weighted by Gasteiger charge is -2.08. The zero-order valence-electron chi connectivity index (χ0n) is 12.4. The molecule has 0 aliphatic rings. The Kier molecular flexibility index (Phi) is 3.49. The first kappa shape index (κ1) is 15.1. The van der Waals surface area contributed by atoms with Crippen molar-refractivity contribution in [1.82, 2.24) is 19.3 Å². The second-order valence-electron chi connectivity index (χ2n) is 5.22. The van der Waals surface area contributed by atoms with Crippen molar-refractivity contribution in [3.05, 3.63) is 40.7 Å². The number of benzene rings is 1. The number of aromatic nitrogens is 4. The van der Waals surface area contributed by atoms with E-state index in [0.29, 0.717) is 17.2 Å². The highest BCUT2D eigenvalue weighted by atomic mass is 35.5. The number of aryl methyl sites for hydroxylation is 2. The van der Waals surface area contributed by atoms with Crippen LogP contribution in [0.25, 0.3) is 11.0 Å². The van der Waals surface area contributed by atoms with E-state index in [0.717, 1.165) is 23.0 Å². The van der Waals surface area contributed by atoms with Crippen molar-refractivity contribution in [3.63, 3.8) is 0 Å². The van der Waals surface area contributed by atoms with Gasteiger partial charge in [-0.2, -0.15) is 5.10 Å². The third-order valence-corrected chi connectivity index (χ3v) is 4.98. The molecule has 2 aromatic heterocycles. The number of fused-ring (bicyclic) bond motifs is 1. The molecule has 0 N–H and O–H groups in total. The molecule has 8 heteroatoms. The predicted molar refractivity (Wildman–Crippen MR) is 84.9 cm³/mol. The molecule has 6 nitrogen and oxygen atoms in total. The van der Waals surface area contributed by atoms with Gasteiger partial charge in [0.25, 0.3) is 0 Å². The van der Waals surface area contributed by atoms with E-state index in [-0.39, 0.29) is 5.16 Å². The number of hydrogen-bond donors (Lipinski definition) is 0. The maximum absolute atomic E-state index is 12.1. The first-order valence-electron chi connectivity index (χ1n) is 6.62. The van der Waals surface area contributed by atoms with E-state index in [9.17, 15) is 8.42 Å². The molecule has 0 amide bonds.